The molecule has 1 aromatic carbocycles. The number of nitrogens with one attached hydrogen (secondary N) is 1. The van der Waals surface area contributed by atoms with E-state index in [0.29, 0.717) is 11.6 Å². The summed E-state index contributed by atoms with van der Waals surface area (Å²) >= 11 is 6.14. The molecule has 4 rings (SSSR count). The van der Waals surface area contributed by atoms with Gasteiger partial charge in [-0.25, -0.2) is 14.6 Å². The zero-order chi connectivity index (χ0) is 17.2. The molecule has 0 aliphatic carbocycles. The van der Waals surface area contributed by atoms with Crippen LogP contribution < -0.4 is 5.32 Å². The van der Waals surface area contributed by atoms with Crippen LogP contribution in [0.1, 0.15) is 11.1 Å². The maximum absolute atomic E-state index is 6.14. The third-order valence-electron chi connectivity index (χ3n) is 3.95. The number of benzene rings is 1. The molecule has 0 atom stereocenters. The fourth-order valence-corrected chi connectivity index (χ4v) is 2.83. The molecule has 0 saturated heterocycles. The Bertz CT molecular complexity index is 1030. The molecule has 3 heterocycles. The van der Waals surface area contributed by atoms with Crippen LogP contribution in [-0.4, -0.2) is 24.7 Å². The monoisotopic (exact) mass is 350 g/mol. The van der Waals surface area contributed by atoms with Crippen LogP contribution >= 0.6 is 11.6 Å². The van der Waals surface area contributed by atoms with E-state index in [2.05, 4.69) is 25.4 Å². The lowest BCUT2D eigenvalue weighted by atomic mass is 10.2. The fourth-order valence-electron chi connectivity index (χ4n) is 2.66. The van der Waals surface area contributed by atoms with Crippen molar-refractivity contribution in [2.24, 2.45) is 0 Å². The van der Waals surface area contributed by atoms with E-state index in [1.807, 2.05) is 43.5 Å². The second-order valence-corrected chi connectivity index (χ2v) is 6.10. The predicted octanol–water partition coefficient (Wildman–Crippen LogP) is 3.78. The molecule has 0 saturated carbocycles. The fraction of sp³-hybridized carbons (Fsp3) is 0.111. The number of hydrogen-bond donors (Lipinski definition) is 1. The van der Waals surface area contributed by atoms with Crippen molar-refractivity contribution in [3.8, 4) is 5.69 Å². The van der Waals surface area contributed by atoms with Gasteiger partial charge in [-0.05, 0) is 36.2 Å². The van der Waals surface area contributed by atoms with Gasteiger partial charge in [-0.2, -0.15) is 5.10 Å². The van der Waals surface area contributed by atoms with Crippen LogP contribution in [0.4, 0.5) is 5.82 Å². The van der Waals surface area contributed by atoms with Crippen molar-refractivity contribution in [3.63, 3.8) is 0 Å². The average molecular weight is 351 g/mol. The van der Waals surface area contributed by atoms with Gasteiger partial charge in [-0.15, -0.1) is 0 Å². The highest BCUT2D eigenvalue weighted by Crippen LogP contribution is 2.25. The minimum absolute atomic E-state index is 0.626. The van der Waals surface area contributed by atoms with Gasteiger partial charge in [0, 0.05) is 24.0 Å². The summed E-state index contributed by atoms with van der Waals surface area (Å²) in [7, 11) is 0. The second kappa shape index (κ2) is 6.49. The summed E-state index contributed by atoms with van der Waals surface area (Å²) < 4.78 is 1.79. The summed E-state index contributed by atoms with van der Waals surface area (Å²) in [5.41, 5.74) is 3.78. The average Bonchev–Trinajstić information content (AvgIpc) is 3.07. The quantitative estimate of drug-likeness (QED) is 0.606. The number of aryl methyl sites for hydroxylation is 1. The molecular weight excluding hydrogens is 336 g/mol. The van der Waals surface area contributed by atoms with Gasteiger partial charge < -0.3 is 5.32 Å². The molecule has 7 heteroatoms. The first kappa shape index (κ1) is 15.5. The van der Waals surface area contributed by atoms with Crippen molar-refractivity contribution < 1.29 is 0 Å². The molecule has 6 nitrogen and oxygen atoms in total. The molecule has 0 amide bonds. The van der Waals surface area contributed by atoms with Crippen molar-refractivity contribution in [2.75, 3.05) is 5.32 Å². The lowest BCUT2D eigenvalue weighted by Gasteiger charge is -2.09. The number of nitrogens with zero attached hydrogens (tertiary/aromatic N) is 5. The summed E-state index contributed by atoms with van der Waals surface area (Å²) in [5.74, 6) is 0.736. The first-order valence-electron chi connectivity index (χ1n) is 7.80. The number of halogens is 1. The SMILES string of the molecule is Cc1ccc(Cl)cc1-n1ncc2c(NCc3cccnc3)ncnc21. The van der Waals surface area contributed by atoms with Crippen molar-refractivity contribution in [1.82, 2.24) is 24.7 Å². The smallest absolute Gasteiger partial charge is 0.168 e. The highest BCUT2D eigenvalue weighted by Gasteiger charge is 2.12. The number of aromatic nitrogens is 5. The second-order valence-electron chi connectivity index (χ2n) is 5.66. The number of hydrogen-bond acceptors (Lipinski definition) is 5. The highest BCUT2D eigenvalue weighted by atomic mass is 35.5. The van der Waals surface area contributed by atoms with Crippen molar-refractivity contribution in [2.45, 2.75) is 13.5 Å². The lowest BCUT2D eigenvalue weighted by molar-refractivity contribution is 0.887. The summed E-state index contributed by atoms with van der Waals surface area (Å²) in [6.45, 7) is 2.64. The van der Waals surface area contributed by atoms with E-state index in [-0.39, 0.29) is 0 Å². The lowest BCUT2D eigenvalue weighted by Crippen LogP contribution is -2.04. The number of fused-ring (bicyclic) bond motifs is 1. The standard InChI is InChI=1S/C18H15ClN6/c1-12-4-5-14(19)7-16(12)25-18-15(10-24-25)17(22-11-23-18)21-9-13-3-2-6-20-8-13/h2-8,10-11H,9H2,1H3,(H,21,22,23). The molecule has 1 N–H and O–H groups in total. The van der Waals surface area contributed by atoms with Gasteiger partial charge in [-0.1, -0.05) is 23.7 Å². The normalized spacial score (nSPS) is 11.0. The number of rotatable bonds is 4. The number of pyridine rings is 1. The molecule has 4 aromatic rings. The highest BCUT2D eigenvalue weighted by molar-refractivity contribution is 6.30. The van der Waals surface area contributed by atoms with E-state index < -0.39 is 0 Å². The van der Waals surface area contributed by atoms with Crippen LogP contribution in [-0.2, 0) is 6.54 Å². The van der Waals surface area contributed by atoms with Gasteiger partial charge in [0.05, 0.1) is 17.3 Å². The molecule has 0 fully saturated rings. The first-order chi connectivity index (χ1) is 12.2. The molecule has 0 radical (unpaired) electrons. The van der Waals surface area contributed by atoms with Crippen LogP contribution in [0.25, 0.3) is 16.7 Å². The maximum atomic E-state index is 6.14. The minimum Gasteiger partial charge on any atom is -0.365 e. The first-order valence-corrected chi connectivity index (χ1v) is 8.18. The largest absolute Gasteiger partial charge is 0.365 e. The Morgan fingerprint density at radius 3 is 2.92 bits per heavy atom. The summed E-state index contributed by atoms with van der Waals surface area (Å²) in [6.07, 6.45) is 6.88. The topological polar surface area (TPSA) is 68.5 Å². The summed E-state index contributed by atoms with van der Waals surface area (Å²) in [5, 5.41) is 9.32. The molecule has 124 valence electrons. The van der Waals surface area contributed by atoms with Crippen LogP contribution in [0.15, 0.2) is 55.2 Å². The number of anilines is 1. The Balaban J connectivity index is 1.72. The van der Waals surface area contributed by atoms with E-state index in [0.717, 1.165) is 33.7 Å². The van der Waals surface area contributed by atoms with E-state index in [4.69, 9.17) is 11.6 Å². The van der Waals surface area contributed by atoms with Crippen LogP contribution in [0, 0.1) is 6.92 Å². The van der Waals surface area contributed by atoms with E-state index >= 15 is 0 Å². The van der Waals surface area contributed by atoms with E-state index in [9.17, 15) is 0 Å². The van der Waals surface area contributed by atoms with Crippen LogP contribution in [0.3, 0.4) is 0 Å². The van der Waals surface area contributed by atoms with Crippen molar-refractivity contribution in [3.05, 3.63) is 71.4 Å². The Morgan fingerprint density at radius 1 is 1.16 bits per heavy atom. The molecule has 0 unspecified atom stereocenters. The Hall–Kier alpha value is -2.99. The molecule has 3 aromatic heterocycles. The van der Waals surface area contributed by atoms with Crippen molar-refractivity contribution in [1.29, 1.82) is 0 Å². The van der Waals surface area contributed by atoms with Crippen LogP contribution in [0.5, 0.6) is 0 Å². The minimum atomic E-state index is 0.626. The van der Waals surface area contributed by atoms with Gasteiger partial charge in [0.1, 0.15) is 12.1 Å². The summed E-state index contributed by atoms with van der Waals surface area (Å²) in [6, 6.07) is 9.63. The third kappa shape index (κ3) is 3.04. The third-order valence-corrected chi connectivity index (χ3v) is 4.18. The molecule has 0 bridgehead atoms. The molecule has 0 spiro atoms. The van der Waals surface area contributed by atoms with Gasteiger partial charge >= 0.3 is 0 Å². The van der Waals surface area contributed by atoms with Gasteiger partial charge in [0.2, 0.25) is 0 Å². The van der Waals surface area contributed by atoms with E-state index in [1.54, 1.807) is 17.1 Å². The molecule has 0 aliphatic rings. The Labute approximate surface area is 149 Å². The molecular formula is C18H15ClN6. The Kier molecular flexibility index (Phi) is 4.03. The maximum Gasteiger partial charge on any atom is 0.168 e. The molecule has 0 aliphatic heterocycles. The van der Waals surface area contributed by atoms with Crippen molar-refractivity contribution >= 4 is 28.5 Å². The van der Waals surface area contributed by atoms with Gasteiger partial charge in [0.25, 0.3) is 0 Å². The molecule has 25 heavy (non-hydrogen) atoms. The van der Waals surface area contributed by atoms with Gasteiger partial charge in [0.15, 0.2) is 5.65 Å². The predicted molar refractivity (Wildman–Crippen MR) is 98.0 cm³/mol. The summed E-state index contributed by atoms with van der Waals surface area (Å²) in [4.78, 5) is 12.9. The van der Waals surface area contributed by atoms with Crippen LogP contribution in [0.2, 0.25) is 5.02 Å². The Morgan fingerprint density at radius 2 is 2.08 bits per heavy atom. The zero-order valence-electron chi connectivity index (χ0n) is 13.5. The zero-order valence-corrected chi connectivity index (χ0v) is 14.3. The van der Waals surface area contributed by atoms with E-state index in [1.165, 1.54) is 6.33 Å². The van der Waals surface area contributed by atoms with Gasteiger partial charge in [-0.3, -0.25) is 4.98 Å².